The highest BCUT2D eigenvalue weighted by atomic mass is 14.3. The van der Waals surface area contributed by atoms with Gasteiger partial charge < -0.3 is 0 Å². The fourth-order valence-electron chi connectivity index (χ4n) is 5.69. The highest BCUT2D eigenvalue weighted by molar-refractivity contribution is 5.39. The van der Waals surface area contributed by atoms with Gasteiger partial charge in [-0.05, 0) is 98.8 Å². The summed E-state index contributed by atoms with van der Waals surface area (Å²) in [6.45, 7) is 4.62. The van der Waals surface area contributed by atoms with E-state index >= 15 is 0 Å². The molecule has 0 heteroatoms. The van der Waals surface area contributed by atoms with Gasteiger partial charge in [-0.15, -0.1) is 0 Å². The number of hydrogen-bond acceptors (Lipinski definition) is 0. The molecule has 0 nitrogen and oxygen atoms in total. The molecule has 0 aromatic heterocycles. The molecule has 0 bridgehead atoms. The van der Waals surface area contributed by atoms with E-state index in [1.165, 1.54) is 95.5 Å². The minimum absolute atomic E-state index is 0.756. The number of benzene rings is 1. The van der Waals surface area contributed by atoms with E-state index in [9.17, 15) is 0 Å². The van der Waals surface area contributed by atoms with E-state index in [1.54, 1.807) is 0 Å². The Hall–Kier alpha value is -1.48. The van der Waals surface area contributed by atoms with Crippen molar-refractivity contribution in [1.29, 1.82) is 0 Å². The summed E-state index contributed by atoms with van der Waals surface area (Å²) in [5.41, 5.74) is 2.69. The van der Waals surface area contributed by atoms with Crippen molar-refractivity contribution in [3.63, 3.8) is 0 Å². The van der Waals surface area contributed by atoms with Gasteiger partial charge >= 0.3 is 0 Å². The standard InChI is InChI=1S/C30H44/c1-3-5-6-10-27-17-21-29(22-18-27)30-23-19-28(20-24-30)12-8-7-11-26-15-13-25(9-4-2)14-16-26/h7,11,19-20,23-27,29H,3-6,9-10,13-18,21-22H2,1-2H3/b11-7+. The van der Waals surface area contributed by atoms with Crippen molar-refractivity contribution in [2.75, 3.05) is 0 Å². The quantitative estimate of drug-likeness (QED) is 0.299. The summed E-state index contributed by atoms with van der Waals surface area (Å²) < 4.78 is 0. The third-order valence-corrected chi connectivity index (χ3v) is 7.70. The summed E-state index contributed by atoms with van der Waals surface area (Å²) >= 11 is 0. The fourth-order valence-corrected chi connectivity index (χ4v) is 5.69. The first-order valence-corrected chi connectivity index (χ1v) is 13.1. The zero-order chi connectivity index (χ0) is 21.0. The van der Waals surface area contributed by atoms with E-state index in [-0.39, 0.29) is 0 Å². The average molecular weight is 405 g/mol. The molecule has 1 aromatic rings. The molecule has 0 heterocycles. The summed E-state index contributed by atoms with van der Waals surface area (Å²) in [5, 5.41) is 0. The molecule has 30 heavy (non-hydrogen) atoms. The van der Waals surface area contributed by atoms with Gasteiger partial charge in [0.15, 0.2) is 0 Å². The second-order valence-corrected chi connectivity index (χ2v) is 10.0. The predicted octanol–water partition coefficient (Wildman–Crippen LogP) is 9.05. The van der Waals surface area contributed by atoms with Crippen molar-refractivity contribution < 1.29 is 0 Å². The lowest BCUT2D eigenvalue weighted by Crippen LogP contribution is -2.13. The summed E-state index contributed by atoms with van der Waals surface area (Å²) in [7, 11) is 0. The molecule has 0 saturated heterocycles. The van der Waals surface area contributed by atoms with Crippen LogP contribution in [0.3, 0.4) is 0 Å². The van der Waals surface area contributed by atoms with Gasteiger partial charge in [-0.1, -0.05) is 82.4 Å². The maximum absolute atomic E-state index is 3.34. The molecule has 1 aromatic carbocycles. The maximum atomic E-state index is 3.34. The van der Waals surface area contributed by atoms with Crippen LogP contribution in [0.5, 0.6) is 0 Å². The van der Waals surface area contributed by atoms with Gasteiger partial charge in [0, 0.05) is 5.56 Å². The molecule has 0 atom stereocenters. The lowest BCUT2D eigenvalue weighted by molar-refractivity contribution is 0.294. The Kier molecular flexibility index (Phi) is 10.1. The minimum Gasteiger partial charge on any atom is -0.0730 e. The number of unbranched alkanes of at least 4 members (excludes halogenated alkanes) is 2. The molecule has 2 fully saturated rings. The largest absolute Gasteiger partial charge is 0.0730 e. The summed E-state index contributed by atoms with van der Waals surface area (Å²) in [6.07, 6.45) is 24.1. The smallest absolute Gasteiger partial charge is 0.0249 e. The predicted molar refractivity (Wildman–Crippen MR) is 132 cm³/mol. The van der Waals surface area contributed by atoms with Gasteiger partial charge in [-0.3, -0.25) is 0 Å². The van der Waals surface area contributed by atoms with Gasteiger partial charge in [0.1, 0.15) is 0 Å². The molecule has 2 saturated carbocycles. The molecule has 0 radical (unpaired) electrons. The van der Waals surface area contributed by atoms with Gasteiger partial charge in [0.05, 0.1) is 0 Å². The average Bonchev–Trinajstić information content (AvgIpc) is 2.79. The molecule has 0 spiro atoms. The first kappa shape index (κ1) is 23.2. The van der Waals surface area contributed by atoms with Gasteiger partial charge in [-0.25, -0.2) is 0 Å². The molecule has 164 valence electrons. The van der Waals surface area contributed by atoms with Crippen LogP contribution >= 0.6 is 0 Å². The molecule has 0 amide bonds. The van der Waals surface area contributed by atoms with Crippen molar-refractivity contribution in [3.8, 4) is 11.8 Å². The van der Waals surface area contributed by atoms with Crippen molar-refractivity contribution in [3.05, 3.63) is 47.5 Å². The van der Waals surface area contributed by atoms with Crippen molar-refractivity contribution >= 4 is 0 Å². The van der Waals surface area contributed by atoms with Crippen LogP contribution in [0.4, 0.5) is 0 Å². The fraction of sp³-hybridized carbons (Fsp3) is 0.667. The second kappa shape index (κ2) is 13.0. The van der Waals surface area contributed by atoms with Gasteiger partial charge in [-0.2, -0.15) is 0 Å². The minimum atomic E-state index is 0.756. The van der Waals surface area contributed by atoms with E-state index in [2.05, 4.69) is 62.1 Å². The van der Waals surface area contributed by atoms with E-state index < -0.39 is 0 Å². The van der Waals surface area contributed by atoms with Crippen LogP contribution in [-0.4, -0.2) is 0 Å². The first-order chi connectivity index (χ1) is 14.8. The van der Waals surface area contributed by atoms with Crippen LogP contribution in [-0.2, 0) is 0 Å². The normalized spacial score (nSPS) is 27.0. The Labute approximate surface area is 186 Å². The maximum Gasteiger partial charge on any atom is 0.0249 e. The lowest BCUT2D eigenvalue weighted by Gasteiger charge is -2.29. The zero-order valence-electron chi connectivity index (χ0n) is 19.7. The Morgan fingerprint density at radius 2 is 1.43 bits per heavy atom. The molecular formula is C30H44. The topological polar surface area (TPSA) is 0 Å². The molecule has 2 aliphatic carbocycles. The highest BCUT2D eigenvalue weighted by Gasteiger charge is 2.22. The molecule has 2 aliphatic rings. The lowest BCUT2D eigenvalue weighted by atomic mass is 9.77. The second-order valence-electron chi connectivity index (χ2n) is 10.0. The Balaban J connectivity index is 1.40. The van der Waals surface area contributed by atoms with Crippen molar-refractivity contribution in [1.82, 2.24) is 0 Å². The molecular weight excluding hydrogens is 360 g/mol. The zero-order valence-corrected chi connectivity index (χ0v) is 19.7. The molecule has 3 rings (SSSR count). The Bertz CT molecular complexity index is 667. The van der Waals surface area contributed by atoms with Crippen LogP contribution < -0.4 is 0 Å². The van der Waals surface area contributed by atoms with Crippen molar-refractivity contribution in [2.24, 2.45) is 17.8 Å². The van der Waals surface area contributed by atoms with Crippen LogP contribution in [0.15, 0.2) is 36.4 Å². The van der Waals surface area contributed by atoms with Crippen LogP contribution in [0.2, 0.25) is 0 Å². The van der Waals surface area contributed by atoms with Gasteiger partial charge in [0.2, 0.25) is 0 Å². The molecule has 0 unspecified atom stereocenters. The van der Waals surface area contributed by atoms with Crippen LogP contribution in [0.25, 0.3) is 0 Å². The monoisotopic (exact) mass is 404 g/mol. The van der Waals surface area contributed by atoms with E-state index in [4.69, 9.17) is 0 Å². The van der Waals surface area contributed by atoms with Gasteiger partial charge in [0.25, 0.3) is 0 Å². The van der Waals surface area contributed by atoms with Crippen LogP contribution in [0, 0.1) is 29.6 Å². The third kappa shape index (κ3) is 7.65. The van der Waals surface area contributed by atoms with E-state index in [0.29, 0.717) is 0 Å². The number of hydrogen-bond donors (Lipinski definition) is 0. The number of allylic oxidation sites excluding steroid dienone is 2. The Morgan fingerprint density at radius 3 is 2.10 bits per heavy atom. The highest BCUT2D eigenvalue weighted by Crippen LogP contribution is 2.37. The SMILES string of the molecule is CCCCCC1CCC(c2ccc(C#C/C=C/C3CCC(CCC)CC3)cc2)CC1. The Morgan fingerprint density at radius 1 is 0.767 bits per heavy atom. The van der Waals surface area contributed by atoms with Crippen LogP contribution in [0.1, 0.15) is 121 Å². The van der Waals surface area contributed by atoms with E-state index in [0.717, 1.165) is 29.2 Å². The third-order valence-electron chi connectivity index (χ3n) is 7.70. The first-order valence-electron chi connectivity index (χ1n) is 13.1. The summed E-state index contributed by atoms with van der Waals surface area (Å²) in [6, 6.07) is 9.15. The van der Waals surface area contributed by atoms with E-state index in [1.807, 2.05) is 0 Å². The van der Waals surface area contributed by atoms with Crippen molar-refractivity contribution in [2.45, 2.75) is 110 Å². The molecule has 0 aliphatic heterocycles. The summed E-state index contributed by atoms with van der Waals surface area (Å²) in [4.78, 5) is 0. The number of rotatable bonds is 8. The summed E-state index contributed by atoms with van der Waals surface area (Å²) in [5.74, 6) is 10.1. The molecule has 0 N–H and O–H groups in total.